The largest absolute Gasteiger partial charge is 0.493 e. The molecular formula is C38H39N3O8S2. The predicted molar refractivity (Wildman–Crippen MR) is 199 cm³/mol. The van der Waals surface area contributed by atoms with Crippen molar-refractivity contribution in [1.29, 1.82) is 0 Å². The van der Waals surface area contributed by atoms with E-state index in [9.17, 15) is 19.2 Å². The van der Waals surface area contributed by atoms with Gasteiger partial charge in [0.15, 0.2) is 11.5 Å². The van der Waals surface area contributed by atoms with E-state index in [4.69, 9.17) is 18.9 Å². The van der Waals surface area contributed by atoms with E-state index in [0.29, 0.717) is 50.5 Å². The predicted octanol–water partition coefficient (Wildman–Crippen LogP) is 6.83. The topological polar surface area (TPSA) is 141 Å². The molecule has 0 radical (unpaired) electrons. The van der Waals surface area contributed by atoms with Crippen LogP contribution in [0.15, 0.2) is 77.3 Å². The minimum atomic E-state index is -0.584. The maximum absolute atomic E-state index is 13.7. The zero-order chi connectivity index (χ0) is 36.5. The summed E-state index contributed by atoms with van der Waals surface area (Å²) in [7, 11) is 5.80. The molecule has 0 saturated heterocycles. The molecule has 5 rings (SSSR count). The van der Waals surface area contributed by atoms with Crippen molar-refractivity contribution in [3.8, 4) is 17.2 Å². The van der Waals surface area contributed by atoms with Crippen LogP contribution in [-0.2, 0) is 27.2 Å². The van der Waals surface area contributed by atoms with Gasteiger partial charge >= 0.3 is 5.97 Å². The minimum Gasteiger partial charge on any atom is -0.493 e. The second kappa shape index (κ2) is 17.1. The first kappa shape index (κ1) is 37.0. The summed E-state index contributed by atoms with van der Waals surface area (Å²) >= 11 is 2.71. The van der Waals surface area contributed by atoms with Gasteiger partial charge in [0.05, 0.1) is 39.8 Å². The number of fused-ring (bicyclic) bond motifs is 1. The average molecular weight is 730 g/mol. The van der Waals surface area contributed by atoms with Gasteiger partial charge in [-0.15, -0.1) is 23.1 Å². The molecule has 13 heteroatoms. The maximum atomic E-state index is 13.7. The molecule has 3 aromatic carbocycles. The summed E-state index contributed by atoms with van der Waals surface area (Å²) in [6.07, 6.45) is 4.12. The zero-order valence-electron chi connectivity index (χ0n) is 28.9. The van der Waals surface area contributed by atoms with Crippen LogP contribution in [-0.4, -0.2) is 57.9 Å². The number of amides is 3. The minimum absolute atomic E-state index is 0.0370. The fourth-order valence-electron chi connectivity index (χ4n) is 5.62. The van der Waals surface area contributed by atoms with Gasteiger partial charge in [0.2, 0.25) is 11.7 Å². The molecule has 0 saturated carbocycles. The Labute approximate surface area is 304 Å². The molecule has 1 aliphatic rings. The molecule has 4 aromatic rings. The van der Waals surface area contributed by atoms with Crippen molar-refractivity contribution in [2.24, 2.45) is 5.92 Å². The molecule has 3 N–H and O–H groups in total. The van der Waals surface area contributed by atoms with Crippen LogP contribution in [0.4, 0.5) is 10.7 Å². The molecular weight excluding hydrogens is 691 g/mol. The van der Waals surface area contributed by atoms with E-state index in [1.165, 1.54) is 57.6 Å². The summed E-state index contributed by atoms with van der Waals surface area (Å²) in [6, 6.07) is 18.9. The first-order chi connectivity index (χ1) is 24.6. The molecule has 51 heavy (non-hydrogen) atoms. The number of carbonyl (C=O) groups excluding carboxylic acids is 4. The highest BCUT2D eigenvalue weighted by molar-refractivity contribution is 8.00. The molecule has 0 spiro atoms. The Hall–Kier alpha value is -5.27. The van der Waals surface area contributed by atoms with Gasteiger partial charge in [0, 0.05) is 21.0 Å². The van der Waals surface area contributed by atoms with Gasteiger partial charge in [-0.25, -0.2) is 4.79 Å². The normalized spacial score (nSPS) is 13.7. The van der Waals surface area contributed by atoms with Crippen LogP contribution in [0.25, 0.3) is 6.08 Å². The van der Waals surface area contributed by atoms with Crippen LogP contribution in [0.3, 0.4) is 0 Å². The lowest BCUT2D eigenvalue weighted by atomic mass is 9.88. The Balaban J connectivity index is 1.32. The monoisotopic (exact) mass is 729 g/mol. The van der Waals surface area contributed by atoms with Crippen molar-refractivity contribution >= 4 is 63.6 Å². The number of hydrogen-bond acceptors (Lipinski definition) is 10. The number of hydrogen-bond donors (Lipinski definition) is 3. The molecule has 1 heterocycles. The first-order valence-corrected chi connectivity index (χ1v) is 17.9. The summed E-state index contributed by atoms with van der Waals surface area (Å²) in [6.45, 7) is 2.18. The summed E-state index contributed by atoms with van der Waals surface area (Å²) in [5, 5.41) is 9.01. The Bertz CT molecular complexity index is 1930. The Kier molecular flexibility index (Phi) is 12.4. The molecule has 0 fully saturated rings. The highest BCUT2D eigenvalue weighted by Crippen LogP contribution is 2.41. The lowest BCUT2D eigenvalue weighted by Gasteiger charge is -2.18. The van der Waals surface area contributed by atoms with Gasteiger partial charge in [-0.1, -0.05) is 31.2 Å². The number of methoxy groups -OCH3 is 4. The van der Waals surface area contributed by atoms with E-state index in [0.717, 1.165) is 34.6 Å². The number of nitrogens with one attached hydrogen (secondary N) is 3. The fraction of sp³-hybridized carbons (Fsp3) is 0.263. The van der Waals surface area contributed by atoms with Crippen molar-refractivity contribution < 1.29 is 38.1 Å². The van der Waals surface area contributed by atoms with Crippen LogP contribution in [0.5, 0.6) is 17.2 Å². The Morgan fingerprint density at radius 1 is 0.902 bits per heavy atom. The fourth-order valence-corrected chi connectivity index (χ4v) is 7.79. The SMILES string of the molecule is COC(=O)c1c(NC(=O)CSc2cccc(NC(=O)/C(=C\c3cc(OC)c(OC)c(OC)c3)NC(=O)c3ccccc3)c2)sc2c1CCC(C)C2. The average Bonchev–Trinajstić information content (AvgIpc) is 3.49. The number of thioether (sulfide) groups is 1. The molecule has 1 aromatic heterocycles. The third-order valence-corrected chi connectivity index (χ3v) is 10.3. The van der Waals surface area contributed by atoms with E-state index < -0.39 is 17.8 Å². The molecule has 1 aliphatic carbocycles. The molecule has 266 valence electrons. The number of rotatable bonds is 13. The van der Waals surface area contributed by atoms with Gasteiger partial charge < -0.3 is 34.9 Å². The molecule has 3 amide bonds. The number of thiophene rings is 1. The van der Waals surface area contributed by atoms with Crippen LogP contribution in [0.1, 0.15) is 50.1 Å². The molecule has 0 aliphatic heterocycles. The standard InChI is InChI=1S/C38H39N3O8S2/c1-22-14-15-27-31(16-22)51-37(33(27)38(45)49-5)41-32(42)21-50-26-13-9-12-25(20-26)39-36(44)28(40-35(43)24-10-7-6-8-11-24)17-23-18-29(46-2)34(48-4)30(19-23)47-3/h6-13,17-20,22H,14-16,21H2,1-5H3,(H,39,44)(H,40,43)(H,41,42)/b28-17+. The quantitative estimate of drug-likeness (QED) is 0.0768. The number of anilines is 2. The van der Waals surface area contributed by atoms with Crippen LogP contribution >= 0.6 is 23.1 Å². The van der Waals surface area contributed by atoms with Crippen molar-refractivity contribution in [3.63, 3.8) is 0 Å². The highest BCUT2D eigenvalue weighted by atomic mass is 32.2. The first-order valence-electron chi connectivity index (χ1n) is 16.1. The summed E-state index contributed by atoms with van der Waals surface area (Å²) in [5.74, 6) is -0.0760. The molecule has 1 unspecified atom stereocenters. The van der Waals surface area contributed by atoms with Gasteiger partial charge in [-0.3, -0.25) is 14.4 Å². The van der Waals surface area contributed by atoms with E-state index >= 15 is 0 Å². The lowest BCUT2D eigenvalue weighted by molar-refractivity contribution is -0.114. The number of ether oxygens (including phenoxy) is 4. The van der Waals surface area contributed by atoms with Crippen molar-refractivity contribution in [1.82, 2.24) is 5.32 Å². The van der Waals surface area contributed by atoms with Crippen LogP contribution in [0.2, 0.25) is 0 Å². The van der Waals surface area contributed by atoms with Crippen molar-refractivity contribution in [3.05, 3.63) is 99.6 Å². The van der Waals surface area contributed by atoms with E-state index in [-0.39, 0.29) is 17.4 Å². The second-order valence-electron chi connectivity index (χ2n) is 11.7. The highest BCUT2D eigenvalue weighted by Gasteiger charge is 2.29. The smallest absolute Gasteiger partial charge is 0.341 e. The number of esters is 1. The van der Waals surface area contributed by atoms with Gasteiger partial charge in [0.25, 0.3) is 11.8 Å². The number of benzene rings is 3. The number of carbonyl (C=O) groups is 4. The van der Waals surface area contributed by atoms with Gasteiger partial charge in [-0.2, -0.15) is 0 Å². The van der Waals surface area contributed by atoms with Crippen LogP contribution in [0, 0.1) is 5.92 Å². The molecule has 0 bridgehead atoms. The van der Waals surface area contributed by atoms with E-state index in [2.05, 4.69) is 22.9 Å². The van der Waals surface area contributed by atoms with Gasteiger partial charge in [-0.05, 0) is 84.8 Å². The van der Waals surface area contributed by atoms with Crippen LogP contribution < -0.4 is 30.2 Å². The molecule has 11 nitrogen and oxygen atoms in total. The van der Waals surface area contributed by atoms with Crippen molar-refractivity contribution in [2.75, 3.05) is 44.8 Å². The Morgan fingerprint density at radius 3 is 2.29 bits per heavy atom. The van der Waals surface area contributed by atoms with E-state index in [1.54, 1.807) is 60.7 Å². The lowest BCUT2D eigenvalue weighted by Crippen LogP contribution is -2.30. The Morgan fingerprint density at radius 2 is 1.63 bits per heavy atom. The maximum Gasteiger partial charge on any atom is 0.341 e. The van der Waals surface area contributed by atoms with Gasteiger partial charge in [0.1, 0.15) is 10.7 Å². The zero-order valence-corrected chi connectivity index (χ0v) is 30.5. The second-order valence-corrected chi connectivity index (χ2v) is 13.9. The summed E-state index contributed by atoms with van der Waals surface area (Å²) in [4.78, 5) is 54.5. The summed E-state index contributed by atoms with van der Waals surface area (Å²) < 4.78 is 21.4. The molecule has 1 atom stereocenters. The van der Waals surface area contributed by atoms with E-state index in [1.807, 2.05) is 6.07 Å². The summed E-state index contributed by atoms with van der Waals surface area (Å²) in [5.41, 5.74) is 2.70. The third kappa shape index (κ3) is 9.10. The third-order valence-electron chi connectivity index (χ3n) is 8.14. The van der Waals surface area contributed by atoms with Crippen molar-refractivity contribution in [2.45, 2.75) is 31.1 Å².